The van der Waals surface area contributed by atoms with Crippen molar-refractivity contribution in [2.45, 2.75) is 25.5 Å². The number of aromatic nitrogens is 1. The fourth-order valence-electron chi connectivity index (χ4n) is 5.95. The van der Waals surface area contributed by atoms with E-state index < -0.39 is 0 Å². The largest absolute Gasteiger partial charge is 0.497 e. The van der Waals surface area contributed by atoms with Gasteiger partial charge in [0.05, 0.1) is 34.1 Å². The molecule has 0 saturated carbocycles. The lowest BCUT2D eigenvalue weighted by Gasteiger charge is -2.30. The average molecular weight is 713 g/mol. The molecule has 7 rings (SSSR count). The molecular weight excluding hydrogens is 683 g/mol. The number of allylic oxidation sites excluding steroid dienone is 1. The van der Waals surface area contributed by atoms with E-state index in [1.54, 1.807) is 14.2 Å². The zero-order chi connectivity index (χ0) is 30.2. The molecule has 0 unspecified atom stereocenters. The first kappa shape index (κ1) is 28.6. The molecule has 0 amide bonds. The molecule has 1 aliphatic heterocycles. The predicted octanol–water partition coefficient (Wildman–Crippen LogP) is 6.52. The summed E-state index contributed by atoms with van der Waals surface area (Å²) >= 11 is 3.68. The van der Waals surface area contributed by atoms with Crippen LogP contribution in [0.5, 0.6) is 17.2 Å². The summed E-state index contributed by atoms with van der Waals surface area (Å²) < 4.78 is 20.7. The first-order valence-electron chi connectivity index (χ1n) is 14.4. The number of benzene rings is 4. The van der Waals surface area contributed by atoms with Gasteiger partial charge in [0.2, 0.25) is 0 Å². The van der Waals surface area contributed by atoms with E-state index in [2.05, 4.69) is 59.0 Å². The van der Waals surface area contributed by atoms with Gasteiger partial charge >= 0.3 is 0 Å². The average Bonchev–Trinajstić information content (AvgIpc) is 3.37. The SMILES string of the molecule is COc1ccc([C@@H]2C3=C(N=c4s/c(=C\c5cc(I)c(OCc6ccccc6)c(OC)c5)c(=O)n42)c2ccccc2CC3)cc1. The molecule has 0 saturated heterocycles. The lowest BCUT2D eigenvalue weighted by atomic mass is 9.83. The number of hydrogen-bond acceptors (Lipinski definition) is 6. The van der Waals surface area contributed by atoms with E-state index in [9.17, 15) is 4.79 Å². The van der Waals surface area contributed by atoms with E-state index in [1.807, 2.05) is 65.2 Å². The molecule has 8 heteroatoms. The lowest BCUT2D eigenvalue weighted by Crippen LogP contribution is -2.38. The maximum absolute atomic E-state index is 14.2. The minimum atomic E-state index is -0.244. The van der Waals surface area contributed by atoms with Crippen LogP contribution in [0.4, 0.5) is 0 Å². The Hall–Kier alpha value is -4.15. The Morgan fingerprint density at radius 3 is 2.50 bits per heavy atom. The van der Waals surface area contributed by atoms with Crippen molar-refractivity contribution in [3.8, 4) is 17.2 Å². The van der Waals surface area contributed by atoms with Crippen LogP contribution in [0.1, 0.15) is 40.3 Å². The molecule has 44 heavy (non-hydrogen) atoms. The summed E-state index contributed by atoms with van der Waals surface area (Å²) in [5.74, 6) is 2.08. The van der Waals surface area contributed by atoms with Crippen LogP contribution in [0, 0.1) is 3.57 Å². The lowest BCUT2D eigenvalue weighted by molar-refractivity contribution is 0.282. The third-order valence-electron chi connectivity index (χ3n) is 8.08. The van der Waals surface area contributed by atoms with Crippen molar-refractivity contribution in [1.29, 1.82) is 0 Å². The van der Waals surface area contributed by atoms with Crippen LogP contribution < -0.4 is 29.1 Å². The highest BCUT2D eigenvalue weighted by Crippen LogP contribution is 2.41. The number of fused-ring (bicyclic) bond motifs is 3. The smallest absolute Gasteiger partial charge is 0.271 e. The van der Waals surface area contributed by atoms with Crippen LogP contribution in [0.25, 0.3) is 11.8 Å². The van der Waals surface area contributed by atoms with Gasteiger partial charge in [-0.15, -0.1) is 0 Å². The van der Waals surface area contributed by atoms with Gasteiger partial charge in [0.25, 0.3) is 5.56 Å². The summed E-state index contributed by atoms with van der Waals surface area (Å²) in [6, 6.07) is 30.2. The maximum Gasteiger partial charge on any atom is 0.271 e. The van der Waals surface area contributed by atoms with Crippen molar-refractivity contribution in [3.63, 3.8) is 0 Å². The number of hydrogen-bond donors (Lipinski definition) is 0. The molecule has 220 valence electrons. The van der Waals surface area contributed by atoms with Crippen molar-refractivity contribution in [2.24, 2.45) is 4.99 Å². The molecule has 6 nitrogen and oxygen atoms in total. The number of aryl methyl sites for hydroxylation is 1. The van der Waals surface area contributed by atoms with Gasteiger partial charge in [-0.25, -0.2) is 4.99 Å². The molecule has 1 aromatic heterocycles. The molecule has 2 heterocycles. The third-order valence-corrected chi connectivity index (χ3v) is 9.86. The monoisotopic (exact) mass is 712 g/mol. The molecule has 5 aromatic rings. The van der Waals surface area contributed by atoms with Gasteiger partial charge < -0.3 is 14.2 Å². The minimum Gasteiger partial charge on any atom is -0.497 e. The van der Waals surface area contributed by atoms with Crippen LogP contribution in [0.3, 0.4) is 0 Å². The normalized spacial score (nSPS) is 15.6. The summed E-state index contributed by atoms with van der Waals surface area (Å²) in [6.45, 7) is 0.435. The second-order valence-electron chi connectivity index (χ2n) is 10.7. The highest BCUT2D eigenvalue weighted by Gasteiger charge is 2.32. The van der Waals surface area contributed by atoms with Crippen LogP contribution >= 0.6 is 33.9 Å². The number of thiazole rings is 1. The summed E-state index contributed by atoms with van der Waals surface area (Å²) in [7, 11) is 3.30. The van der Waals surface area contributed by atoms with Gasteiger partial charge in [-0.2, -0.15) is 0 Å². The quantitative estimate of drug-likeness (QED) is 0.181. The van der Waals surface area contributed by atoms with Crippen LogP contribution in [0.15, 0.2) is 106 Å². The molecule has 1 atom stereocenters. The topological polar surface area (TPSA) is 62.0 Å². The summed E-state index contributed by atoms with van der Waals surface area (Å²) in [5, 5.41) is 0. The maximum atomic E-state index is 14.2. The molecule has 0 fully saturated rings. The molecule has 4 aromatic carbocycles. The molecule has 0 radical (unpaired) electrons. The third kappa shape index (κ3) is 5.26. The van der Waals surface area contributed by atoms with Crippen molar-refractivity contribution in [1.82, 2.24) is 4.57 Å². The van der Waals surface area contributed by atoms with E-state index >= 15 is 0 Å². The molecular formula is C36H29IN2O4S. The van der Waals surface area contributed by atoms with Gasteiger partial charge in [-0.05, 0) is 93.6 Å². The molecule has 1 aliphatic carbocycles. The number of methoxy groups -OCH3 is 2. The first-order valence-corrected chi connectivity index (χ1v) is 16.2. The van der Waals surface area contributed by atoms with E-state index in [0.29, 0.717) is 27.4 Å². The first-order chi connectivity index (χ1) is 21.5. The predicted molar refractivity (Wildman–Crippen MR) is 182 cm³/mol. The minimum absolute atomic E-state index is 0.0571. The summed E-state index contributed by atoms with van der Waals surface area (Å²) in [4.78, 5) is 20.0. The summed E-state index contributed by atoms with van der Waals surface area (Å²) in [6.07, 6.45) is 3.69. The highest BCUT2D eigenvalue weighted by atomic mass is 127. The Balaban J connectivity index is 1.34. The van der Waals surface area contributed by atoms with Crippen molar-refractivity contribution in [2.75, 3.05) is 14.2 Å². The Kier molecular flexibility index (Phi) is 7.86. The molecule has 2 aliphatic rings. The Labute approximate surface area is 272 Å². The van der Waals surface area contributed by atoms with Crippen LogP contribution in [-0.2, 0) is 13.0 Å². The van der Waals surface area contributed by atoms with Crippen LogP contribution in [-0.4, -0.2) is 18.8 Å². The molecule has 0 spiro atoms. The second kappa shape index (κ2) is 12.1. The number of halogens is 1. The second-order valence-corrected chi connectivity index (χ2v) is 12.9. The van der Waals surface area contributed by atoms with Crippen molar-refractivity contribution in [3.05, 3.63) is 148 Å². The van der Waals surface area contributed by atoms with Gasteiger partial charge in [0, 0.05) is 5.56 Å². The summed E-state index contributed by atoms with van der Waals surface area (Å²) in [5.41, 5.74) is 7.51. The zero-order valence-corrected chi connectivity index (χ0v) is 27.2. The number of ether oxygens (including phenoxy) is 3. The Morgan fingerprint density at radius 1 is 0.955 bits per heavy atom. The van der Waals surface area contributed by atoms with E-state index in [4.69, 9.17) is 19.2 Å². The van der Waals surface area contributed by atoms with E-state index in [-0.39, 0.29) is 11.6 Å². The van der Waals surface area contributed by atoms with Gasteiger partial charge in [-0.3, -0.25) is 9.36 Å². The van der Waals surface area contributed by atoms with E-state index in [0.717, 1.165) is 50.1 Å². The zero-order valence-electron chi connectivity index (χ0n) is 24.2. The van der Waals surface area contributed by atoms with E-state index in [1.165, 1.54) is 22.5 Å². The number of nitrogens with zero attached hydrogens (tertiary/aromatic N) is 2. The molecule has 0 N–H and O–H groups in total. The van der Waals surface area contributed by atoms with Gasteiger partial charge in [0.1, 0.15) is 12.4 Å². The van der Waals surface area contributed by atoms with Crippen molar-refractivity contribution >= 4 is 45.7 Å². The van der Waals surface area contributed by atoms with Crippen LogP contribution in [0.2, 0.25) is 0 Å². The molecule has 0 bridgehead atoms. The fourth-order valence-corrected chi connectivity index (χ4v) is 7.73. The Bertz CT molecular complexity index is 2080. The number of rotatable bonds is 7. The highest BCUT2D eigenvalue weighted by molar-refractivity contribution is 14.1. The van der Waals surface area contributed by atoms with Crippen molar-refractivity contribution < 1.29 is 14.2 Å². The van der Waals surface area contributed by atoms with Gasteiger partial charge in [0.15, 0.2) is 16.3 Å². The fraction of sp³-hybridized carbons (Fsp3) is 0.167. The Morgan fingerprint density at radius 2 is 1.73 bits per heavy atom. The standard InChI is InChI=1S/C36H29IN2O4S/c1-41-26-15-12-25(13-16-26)33-28-17-14-24-10-6-7-11-27(24)32(28)38-36-39(33)35(40)31(44-36)20-23-18-29(37)34(30(19-23)42-2)43-21-22-8-4-3-5-9-22/h3-13,15-16,18-20,33H,14,17,21H2,1-2H3/b31-20-/t33-/m1/s1. The van der Waals surface area contributed by atoms with Gasteiger partial charge in [-0.1, -0.05) is 78.1 Å².